The predicted molar refractivity (Wildman–Crippen MR) is 94.7 cm³/mol. The maximum Gasteiger partial charge on any atom is 0.243 e. The molecule has 0 aliphatic carbocycles. The van der Waals surface area contributed by atoms with Gasteiger partial charge in [-0.25, -0.2) is 17.9 Å². The van der Waals surface area contributed by atoms with Crippen LogP contribution in [0.2, 0.25) is 10.0 Å². The van der Waals surface area contributed by atoms with Crippen LogP contribution in [-0.2, 0) is 21.3 Å². The zero-order valence-electron chi connectivity index (χ0n) is 12.2. The minimum atomic E-state index is -4.50. The number of rotatable bonds is 5. The molecule has 0 bridgehead atoms. The molecule has 0 fully saturated rings. The van der Waals surface area contributed by atoms with Crippen molar-refractivity contribution >= 4 is 56.3 Å². The van der Waals surface area contributed by atoms with Crippen LogP contribution in [0.25, 0.3) is 6.08 Å². The molecule has 1 unspecified atom stereocenters. The van der Waals surface area contributed by atoms with Crippen LogP contribution in [0.15, 0.2) is 47.5 Å². The largest absolute Gasteiger partial charge is 0.755 e. The van der Waals surface area contributed by atoms with Crippen molar-refractivity contribution in [3.8, 4) is 0 Å². The quantitative estimate of drug-likeness (QED) is 0.745. The van der Waals surface area contributed by atoms with Gasteiger partial charge in [-0.3, -0.25) is 8.51 Å². The summed E-state index contributed by atoms with van der Waals surface area (Å²) in [4.78, 5) is -0.932. The van der Waals surface area contributed by atoms with E-state index in [1.54, 1.807) is 6.07 Å². The smallest absolute Gasteiger partial charge is 0.243 e. The Morgan fingerprint density at radius 1 is 1.20 bits per heavy atom. The highest BCUT2D eigenvalue weighted by atomic mass is 35.5. The lowest BCUT2D eigenvalue weighted by molar-refractivity contribution is 0.536. The molecule has 0 saturated carbocycles. The van der Waals surface area contributed by atoms with Crippen LogP contribution in [0.4, 0.5) is 10.1 Å². The highest BCUT2D eigenvalue weighted by molar-refractivity contribution is 7.89. The predicted octanol–water partition coefficient (Wildman–Crippen LogP) is 3.05. The van der Waals surface area contributed by atoms with Gasteiger partial charge in [-0.05, 0) is 35.9 Å². The molecule has 0 saturated heterocycles. The van der Waals surface area contributed by atoms with Crippen molar-refractivity contribution in [3.63, 3.8) is 0 Å². The Hall–Kier alpha value is -1.49. The van der Waals surface area contributed by atoms with E-state index in [1.165, 1.54) is 18.2 Å². The van der Waals surface area contributed by atoms with Gasteiger partial charge in [-0.15, -0.1) is 0 Å². The molecule has 2 aromatic rings. The Kier molecular flexibility index (Phi) is 6.20. The van der Waals surface area contributed by atoms with E-state index in [4.69, 9.17) is 28.3 Å². The normalized spacial score (nSPS) is 13.2. The average Bonchev–Trinajstić information content (AvgIpc) is 2.49. The lowest BCUT2D eigenvalue weighted by Crippen LogP contribution is -2.24. The Balaban J connectivity index is 2.53. The van der Waals surface area contributed by atoms with Crippen molar-refractivity contribution in [2.45, 2.75) is 4.90 Å². The molecule has 11 heteroatoms. The van der Waals surface area contributed by atoms with E-state index in [1.807, 2.05) is 0 Å². The SMILES string of the molecule is NS(=O)(=O)c1c(F)cccc1N(C=Cc1ccc(Cl)c(Cl)c1)S(=O)[O-]. The molecular weight excluding hydrogens is 414 g/mol. The van der Waals surface area contributed by atoms with E-state index in [0.717, 1.165) is 24.4 Å². The summed E-state index contributed by atoms with van der Waals surface area (Å²) in [6, 6.07) is 7.66. The number of sulfonamides is 1. The number of hydrogen-bond acceptors (Lipinski definition) is 4. The first-order valence-electron chi connectivity index (χ1n) is 6.44. The molecule has 25 heavy (non-hydrogen) atoms. The summed E-state index contributed by atoms with van der Waals surface area (Å²) in [5.41, 5.74) is 0.0329. The number of anilines is 1. The van der Waals surface area contributed by atoms with Gasteiger partial charge < -0.3 is 4.55 Å². The molecule has 0 amide bonds. The van der Waals surface area contributed by atoms with Crippen molar-refractivity contribution in [2.75, 3.05) is 4.31 Å². The molecule has 134 valence electrons. The first kappa shape index (κ1) is 19.8. The first-order valence-corrected chi connectivity index (χ1v) is 9.78. The van der Waals surface area contributed by atoms with E-state index in [-0.39, 0.29) is 5.02 Å². The second kappa shape index (κ2) is 7.81. The second-order valence-corrected chi connectivity index (χ2v) is 7.81. The zero-order valence-corrected chi connectivity index (χ0v) is 15.4. The Bertz CT molecular complexity index is 967. The monoisotopic (exact) mass is 423 g/mol. The van der Waals surface area contributed by atoms with Gasteiger partial charge in [0.15, 0.2) is 0 Å². The summed E-state index contributed by atoms with van der Waals surface area (Å²) in [5, 5.41) is 5.54. The molecule has 2 N–H and O–H groups in total. The third kappa shape index (κ3) is 4.78. The Morgan fingerprint density at radius 2 is 1.88 bits per heavy atom. The summed E-state index contributed by atoms with van der Waals surface area (Å²) in [6.45, 7) is 0. The molecule has 0 aliphatic heterocycles. The molecule has 2 rings (SSSR count). The summed E-state index contributed by atoms with van der Waals surface area (Å²) in [5.74, 6) is -1.17. The van der Waals surface area contributed by atoms with Crippen LogP contribution in [-0.4, -0.2) is 17.2 Å². The van der Waals surface area contributed by atoms with Crippen LogP contribution in [0.5, 0.6) is 0 Å². The summed E-state index contributed by atoms with van der Waals surface area (Å²) < 4.78 is 60.6. The summed E-state index contributed by atoms with van der Waals surface area (Å²) in [6.07, 6.45) is 2.36. The van der Waals surface area contributed by atoms with E-state index < -0.39 is 37.7 Å². The number of nitrogens with two attached hydrogens (primary N) is 1. The van der Waals surface area contributed by atoms with Gasteiger partial charge in [0.05, 0.1) is 27.0 Å². The molecule has 0 aliphatic rings. The first-order chi connectivity index (χ1) is 11.6. The molecular formula is C14H10Cl2FN2O4S2-. The summed E-state index contributed by atoms with van der Waals surface area (Å²) in [7, 11) is -4.50. The van der Waals surface area contributed by atoms with Crippen molar-refractivity contribution in [1.82, 2.24) is 0 Å². The standard InChI is InChI=1S/C14H11Cl2FN2O4S2/c15-10-5-4-9(8-11(10)16)6-7-19(24(20)21)13-3-1-2-12(17)14(13)25(18,22)23/h1-8H,(H,20,21)(H2,18,22,23)/p-1. The van der Waals surface area contributed by atoms with Gasteiger partial charge in [0.25, 0.3) is 0 Å². The van der Waals surface area contributed by atoms with Gasteiger partial charge >= 0.3 is 0 Å². The van der Waals surface area contributed by atoms with Gasteiger partial charge in [0.2, 0.25) is 10.0 Å². The Morgan fingerprint density at radius 3 is 2.44 bits per heavy atom. The zero-order chi connectivity index (χ0) is 18.8. The second-order valence-electron chi connectivity index (χ2n) is 4.67. The van der Waals surface area contributed by atoms with Crippen molar-refractivity contribution in [3.05, 3.63) is 64.0 Å². The third-order valence-electron chi connectivity index (χ3n) is 2.97. The molecule has 0 spiro atoms. The fourth-order valence-corrected chi connectivity index (χ4v) is 3.57. The van der Waals surface area contributed by atoms with E-state index in [2.05, 4.69) is 0 Å². The number of halogens is 3. The lowest BCUT2D eigenvalue weighted by Gasteiger charge is -2.24. The van der Waals surface area contributed by atoms with Crippen molar-refractivity contribution in [2.24, 2.45) is 5.14 Å². The van der Waals surface area contributed by atoms with E-state index in [0.29, 0.717) is 14.9 Å². The number of hydrogen-bond donors (Lipinski definition) is 1. The van der Waals surface area contributed by atoms with Crippen LogP contribution in [0.1, 0.15) is 5.56 Å². The lowest BCUT2D eigenvalue weighted by atomic mass is 10.2. The maximum absolute atomic E-state index is 13.9. The van der Waals surface area contributed by atoms with Gasteiger partial charge in [0.1, 0.15) is 10.7 Å². The molecule has 2 aromatic carbocycles. The molecule has 0 radical (unpaired) electrons. The molecule has 1 atom stereocenters. The van der Waals surface area contributed by atoms with Gasteiger partial charge in [-0.1, -0.05) is 35.3 Å². The van der Waals surface area contributed by atoms with Crippen LogP contribution < -0.4 is 9.44 Å². The fraction of sp³-hybridized carbons (Fsp3) is 0. The minimum absolute atomic E-state index is 0.245. The summed E-state index contributed by atoms with van der Waals surface area (Å²) >= 11 is 8.72. The number of nitrogens with zero attached hydrogens (tertiary/aromatic N) is 1. The van der Waals surface area contributed by atoms with Crippen LogP contribution in [0.3, 0.4) is 0 Å². The fourth-order valence-electron chi connectivity index (χ4n) is 1.93. The van der Waals surface area contributed by atoms with Gasteiger partial charge in [0, 0.05) is 6.20 Å². The maximum atomic E-state index is 13.9. The number of benzene rings is 2. The number of primary sulfonamides is 1. The van der Waals surface area contributed by atoms with E-state index in [9.17, 15) is 21.6 Å². The topological polar surface area (TPSA) is 104 Å². The highest BCUT2D eigenvalue weighted by Gasteiger charge is 2.22. The molecule has 0 aromatic heterocycles. The highest BCUT2D eigenvalue weighted by Crippen LogP contribution is 2.29. The van der Waals surface area contributed by atoms with Crippen LogP contribution >= 0.6 is 23.2 Å². The third-order valence-corrected chi connectivity index (χ3v) is 5.33. The average molecular weight is 424 g/mol. The molecule has 0 heterocycles. The minimum Gasteiger partial charge on any atom is -0.755 e. The van der Waals surface area contributed by atoms with Crippen LogP contribution in [0, 0.1) is 5.82 Å². The van der Waals surface area contributed by atoms with E-state index >= 15 is 0 Å². The van der Waals surface area contributed by atoms with Gasteiger partial charge in [-0.2, -0.15) is 0 Å². The van der Waals surface area contributed by atoms with Crippen molar-refractivity contribution < 1.29 is 21.6 Å². The molecule has 6 nitrogen and oxygen atoms in total. The van der Waals surface area contributed by atoms with Crippen molar-refractivity contribution in [1.29, 1.82) is 0 Å². The Labute approximate surface area is 156 Å².